The van der Waals surface area contributed by atoms with E-state index in [0.29, 0.717) is 0 Å². The molecule has 0 aromatic heterocycles. The molecule has 0 aliphatic carbocycles. The van der Waals surface area contributed by atoms with Crippen molar-refractivity contribution < 1.29 is 9.53 Å². The second kappa shape index (κ2) is 6.45. The molecule has 0 spiro atoms. The zero-order valence-corrected chi connectivity index (χ0v) is 11.6. The minimum Gasteiger partial charge on any atom is -0.461 e. The lowest BCUT2D eigenvalue weighted by molar-refractivity contribution is -0.153. The van der Waals surface area contributed by atoms with Gasteiger partial charge >= 0.3 is 5.97 Å². The van der Waals surface area contributed by atoms with Crippen molar-refractivity contribution in [2.24, 2.45) is 5.41 Å². The van der Waals surface area contributed by atoms with Gasteiger partial charge in [0, 0.05) is 18.9 Å². The maximum absolute atomic E-state index is 11.0. The Morgan fingerprint density at radius 2 is 1.81 bits per heavy atom. The number of rotatable bonds is 3. The third kappa shape index (κ3) is 5.17. The fourth-order valence-corrected chi connectivity index (χ4v) is 1.89. The summed E-state index contributed by atoms with van der Waals surface area (Å²) in [6.07, 6.45) is 2.56. The van der Waals surface area contributed by atoms with Gasteiger partial charge in [-0.05, 0) is 25.9 Å². The minimum atomic E-state index is -0.172. The van der Waals surface area contributed by atoms with Gasteiger partial charge in [0.05, 0.1) is 0 Å². The number of ether oxygens (including phenoxy) is 1. The Morgan fingerprint density at radius 3 is 2.19 bits per heavy atom. The summed E-state index contributed by atoms with van der Waals surface area (Å²) in [7, 11) is 0. The predicted octanol–water partition coefficient (Wildman–Crippen LogP) is 2.48. The molecule has 0 aromatic rings. The molecule has 0 N–H and O–H groups in total. The van der Waals surface area contributed by atoms with Gasteiger partial charge in [0.15, 0.2) is 0 Å². The standard InChI is InChI=1S/C12H23NO2.ClH/c1-10(14)15-11(12(2,3)4)9-13-7-5-6-8-13;/h11H,5-9H2,1-4H3;1H. The zero-order valence-electron chi connectivity index (χ0n) is 10.8. The van der Waals surface area contributed by atoms with Crippen LogP contribution < -0.4 is 0 Å². The molecular weight excluding hydrogens is 226 g/mol. The van der Waals surface area contributed by atoms with Crippen molar-refractivity contribution in [3.8, 4) is 0 Å². The Balaban J connectivity index is 0.00000225. The first kappa shape index (κ1) is 15.7. The number of likely N-dealkylation sites (tertiary alicyclic amines) is 1. The molecule has 1 aliphatic rings. The predicted molar refractivity (Wildman–Crippen MR) is 67.9 cm³/mol. The van der Waals surface area contributed by atoms with E-state index in [4.69, 9.17) is 4.74 Å². The highest BCUT2D eigenvalue weighted by atomic mass is 35.5. The summed E-state index contributed by atoms with van der Waals surface area (Å²) in [6, 6.07) is 0. The molecule has 1 unspecified atom stereocenters. The van der Waals surface area contributed by atoms with Crippen LogP contribution in [0.5, 0.6) is 0 Å². The number of hydrogen-bond acceptors (Lipinski definition) is 3. The van der Waals surface area contributed by atoms with E-state index < -0.39 is 0 Å². The van der Waals surface area contributed by atoms with Crippen LogP contribution in [0, 0.1) is 5.41 Å². The van der Waals surface area contributed by atoms with Gasteiger partial charge in [-0.1, -0.05) is 20.8 Å². The Labute approximate surface area is 105 Å². The molecule has 3 nitrogen and oxygen atoms in total. The maximum Gasteiger partial charge on any atom is 0.302 e. The molecule has 0 bridgehead atoms. The molecule has 1 atom stereocenters. The summed E-state index contributed by atoms with van der Waals surface area (Å²) >= 11 is 0. The summed E-state index contributed by atoms with van der Waals surface area (Å²) in [5.74, 6) is -0.172. The lowest BCUT2D eigenvalue weighted by Gasteiger charge is -2.33. The molecule has 96 valence electrons. The van der Waals surface area contributed by atoms with Gasteiger partial charge in [-0.3, -0.25) is 9.69 Å². The first-order valence-corrected chi connectivity index (χ1v) is 5.79. The molecule has 0 aromatic carbocycles. The topological polar surface area (TPSA) is 29.5 Å². The fourth-order valence-electron chi connectivity index (χ4n) is 1.89. The molecule has 0 radical (unpaired) electrons. The Hall–Kier alpha value is -0.280. The third-order valence-corrected chi connectivity index (χ3v) is 2.90. The molecular formula is C12H24ClNO2. The van der Waals surface area contributed by atoms with Crippen LogP contribution in [0.3, 0.4) is 0 Å². The summed E-state index contributed by atoms with van der Waals surface area (Å²) in [5, 5.41) is 0. The van der Waals surface area contributed by atoms with E-state index in [9.17, 15) is 4.79 Å². The van der Waals surface area contributed by atoms with Crippen LogP contribution in [0.2, 0.25) is 0 Å². The molecule has 1 aliphatic heterocycles. The van der Waals surface area contributed by atoms with Crippen molar-refractivity contribution in [3.63, 3.8) is 0 Å². The van der Waals surface area contributed by atoms with E-state index in [-0.39, 0.29) is 29.9 Å². The van der Waals surface area contributed by atoms with Crippen molar-refractivity contribution >= 4 is 18.4 Å². The van der Waals surface area contributed by atoms with Gasteiger partial charge in [-0.2, -0.15) is 0 Å². The highest BCUT2D eigenvalue weighted by molar-refractivity contribution is 5.85. The van der Waals surface area contributed by atoms with Gasteiger partial charge in [0.25, 0.3) is 0 Å². The van der Waals surface area contributed by atoms with Crippen LogP contribution in [-0.2, 0) is 9.53 Å². The largest absolute Gasteiger partial charge is 0.461 e. The Bertz CT molecular complexity index is 220. The van der Waals surface area contributed by atoms with Crippen molar-refractivity contribution in [2.75, 3.05) is 19.6 Å². The monoisotopic (exact) mass is 249 g/mol. The highest BCUT2D eigenvalue weighted by Gasteiger charge is 2.30. The summed E-state index contributed by atoms with van der Waals surface area (Å²) in [5.41, 5.74) is 0.0221. The molecule has 1 heterocycles. The second-order valence-electron chi connectivity index (χ2n) is 5.47. The Morgan fingerprint density at radius 1 is 1.31 bits per heavy atom. The molecule has 0 amide bonds. The lowest BCUT2D eigenvalue weighted by atomic mass is 9.88. The molecule has 1 fully saturated rings. The van der Waals surface area contributed by atoms with Crippen LogP contribution in [0.1, 0.15) is 40.5 Å². The van der Waals surface area contributed by atoms with Crippen molar-refractivity contribution in [3.05, 3.63) is 0 Å². The van der Waals surface area contributed by atoms with Crippen LogP contribution in [0.25, 0.3) is 0 Å². The second-order valence-corrected chi connectivity index (χ2v) is 5.47. The first-order valence-electron chi connectivity index (χ1n) is 5.79. The molecule has 16 heavy (non-hydrogen) atoms. The van der Waals surface area contributed by atoms with Gasteiger partial charge in [-0.15, -0.1) is 12.4 Å². The maximum atomic E-state index is 11.0. The van der Waals surface area contributed by atoms with E-state index in [1.54, 1.807) is 0 Å². The van der Waals surface area contributed by atoms with Crippen LogP contribution in [-0.4, -0.2) is 36.6 Å². The number of hydrogen-bond donors (Lipinski definition) is 0. The lowest BCUT2D eigenvalue weighted by Crippen LogP contribution is -2.41. The molecule has 0 saturated carbocycles. The van der Waals surface area contributed by atoms with E-state index >= 15 is 0 Å². The van der Waals surface area contributed by atoms with Gasteiger partial charge in [-0.25, -0.2) is 0 Å². The number of halogens is 1. The van der Waals surface area contributed by atoms with Gasteiger partial charge in [0.1, 0.15) is 6.10 Å². The van der Waals surface area contributed by atoms with E-state index in [1.165, 1.54) is 19.8 Å². The number of esters is 1. The molecule has 1 saturated heterocycles. The van der Waals surface area contributed by atoms with E-state index in [1.807, 2.05) is 0 Å². The summed E-state index contributed by atoms with van der Waals surface area (Å²) < 4.78 is 5.40. The highest BCUT2D eigenvalue weighted by Crippen LogP contribution is 2.24. The van der Waals surface area contributed by atoms with Crippen molar-refractivity contribution in [1.29, 1.82) is 0 Å². The quantitative estimate of drug-likeness (QED) is 0.720. The first-order chi connectivity index (χ1) is 6.89. The third-order valence-electron chi connectivity index (χ3n) is 2.90. The van der Waals surface area contributed by atoms with Crippen LogP contribution >= 0.6 is 12.4 Å². The summed E-state index contributed by atoms with van der Waals surface area (Å²) in [4.78, 5) is 13.4. The molecule has 1 rings (SSSR count). The number of carbonyl (C=O) groups is 1. The number of carbonyl (C=O) groups excluding carboxylic acids is 1. The Kier molecular flexibility index (Phi) is 6.34. The molecule has 4 heteroatoms. The van der Waals surface area contributed by atoms with Gasteiger partial charge < -0.3 is 4.74 Å². The van der Waals surface area contributed by atoms with E-state index in [0.717, 1.165) is 19.6 Å². The zero-order chi connectivity index (χ0) is 11.5. The SMILES string of the molecule is CC(=O)OC(CN1CCCC1)C(C)(C)C.Cl. The minimum absolute atomic E-state index is 0. The summed E-state index contributed by atoms with van der Waals surface area (Å²) in [6.45, 7) is 11.0. The average Bonchev–Trinajstić information content (AvgIpc) is 2.53. The fraction of sp³-hybridized carbons (Fsp3) is 0.917. The van der Waals surface area contributed by atoms with Crippen molar-refractivity contribution in [1.82, 2.24) is 4.90 Å². The van der Waals surface area contributed by atoms with Crippen LogP contribution in [0.4, 0.5) is 0 Å². The van der Waals surface area contributed by atoms with Crippen LogP contribution in [0.15, 0.2) is 0 Å². The van der Waals surface area contributed by atoms with Gasteiger partial charge in [0.2, 0.25) is 0 Å². The van der Waals surface area contributed by atoms with E-state index in [2.05, 4.69) is 25.7 Å². The number of nitrogens with zero attached hydrogens (tertiary/aromatic N) is 1. The smallest absolute Gasteiger partial charge is 0.302 e. The normalized spacial score (nSPS) is 19.0. The van der Waals surface area contributed by atoms with Crippen molar-refractivity contribution in [2.45, 2.75) is 46.6 Å². The average molecular weight is 250 g/mol.